The molecule has 2 saturated heterocycles. The molecule has 1 unspecified atom stereocenters. The first-order valence-corrected chi connectivity index (χ1v) is 9.16. The number of nitrogens with one attached hydrogen (secondary N) is 2. The molecule has 0 aliphatic carbocycles. The first-order chi connectivity index (χ1) is 11.2. The third-order valence-corrected chi connectivity index (χ3v) is 4.28. The Hall–Kier alpha value is -0.240. The van der Waals surface area contributed by atoms with E-state index < -0.39 is 0 Å². The van der Waals surface area contributed by atoms with E-state index in [1.807, 2.05) is 0 Å². The average molecular weight is 344 g/mol. The van der Waals surface area contributed by atoms with E-state index in [2.05, 4.69) is 45.3 Å². The molecule has 2 aliphatic rings. The van der Waals surface area contributed by atoms with Gasteiger partial charge in [-0.05, 0) is 41.0 Å². The Bertz CT molecular complexity index is 365. The van der Waals surface area contributed by atoms with E-state index >= 15 is 0 Å². The van der Waals surface area contributed by atoms with Crippen LogP contribution in [0.1, 0.15) is 41.0 Å². The summed E-state index contributed by atoms with van der Waals surface area (Å²) in [5, 5.41) is 7.08. The van der Waals surface area contributed by atoms with Gasteiger partial charge in [-0.2, -0.15) is 0 Å². The van der Waals surface area contributed by atoms with Gasteiger partial charge in [-0.15, -0.1) is 0 Å². The van der Waals surface area contributed by atoms with Crippen molar-refractivity contribution in [2.24, 2.45) is 0 Å². The molecule has 0 spiro atoms. The summed E-state index contributed by atoms with van der Waals surface area (Å²) in [5.41, 5.74) is 0.0629. The molecule has 2 aliphatic heterocycles. The van der Waals surface area contributed by atoms with Crippen molar-refractivity contribution in [3.05, 3.63) is 0 Å². The standard InChI is InChI=1S/C18H36N2O4/c1-17(2,3)19-10-16-13-22-11-14(24-16)8-18(4,5)20-9-15-12-21-6-7-23-15/h14-16,19-20H,6-13H2,1-5H3/t14?,15-,16+/m1/s1. The Morgan fingerprint density at radius 2 is 1.46 bits per heavy atom. The van der Waals surface area contributed by atoms with E-state index in [4.69, 9.17) is 18.9 Å². The van der Waals surface area contributed by atoms with Crippen molar-refractivity contribution in [1.82, 2.24) is 10.6 Å². The number of ether oxygens (including phenoxy) is 4. The Balaban J connectivity index is 1.71. The summed E-state index contributed by atoms with van der Waals surface area (Å²) in [4.78, 5) is 0. The molecule has 2 N–H and O–H groups in total. The maximum absolute atomic E-state index is 6.23. The van der Waals surface area contributed by atoms with Crippen LogP contribution in [0.5, 0.6) is 0 Å². The lowest BCUT2D eigenvalue weighted by Gasteiger charge is -2.37. The maximum atomic E-state index is 6.23. The topological polar surface area (TPSA) is 61.0 Å². The molecule has 2 rings (SSSR count). The SMILES string of the molecule is CC(C)(C)NC[C@H]1COCC(CC(C)(C)NC[C@@H]2COCCO2)O1. The number of hydrogen-bond donors (Lipinski definition) is 2. The third-order valence-electron chi connectivity index (χ3n) is 4.28. The van der Waals surface area contributed by atoms with E-state index in [0.29, 0.717) is 33.0 Å². The van der Waals surface area contributed by atoms with Crippen LogP contribution >= 0.6 is 0 Å². The van der Waals surface area contributed by atoms with Gasteiger partial charge in [0.2, 0.25) is 0 Å². The Labute approximate surface area is 146 Å². The summed E-state index contributed by atoms with van der Waals surface area (Å²) in [5.74, 6) is 0. The fourth-order valence-electron chi connectivity index (χ4n) is 3.00. The molecular formula is C18H36N2O4. The molecule has 0 aromatic heterocycles. The van der Waals surface area contributed by atoms with Crippen LogP contribution in [-0.2, 0) is 18.9 Å². The van der Waals surface area contributed by atoms with Gasteiger partial charge in [-0.3, -0.25) is 0 Å². The molecule has 6 nitrogen and oxygen atoms in total. The van der Waals surface area contributed by atoms with E-state index in [1.54, 1.807) is 0 Å². The molecule has 0 radical (unpaired) electrons. The second-order valence-electron chi connectivity index (χ2n) is 8.59. The highest BCUT2D eigenvalue weighted by Crippen LogP contribution is 2.19. The average Bonchev–Trinajstić information content (AvgIpc) is 2.51. The van der Waals surface area contributed by atoms with Crippen molar-refractivity contribution in [3.63, 3.8) is 0 Å². The lowest BCUT2D eigenvalue weighted by molar-refractivity contribution is -0.144. The zero-order chi connectivity index (χ0) is 17.6. The minimum atomic E-state index is -0.0336. The van der Waals surface area contributed by atoms with Crippen LogP contribution in [0, 0.1) is 0 Å². The molecule has 2 heterocycles. The van der Waals surface area contributed by atoms with Crippen LogP contribution in [0.2, 0.25) is 0 Å². The molecule has 0 saturated carbocycles. The summed E-state index contributed by atoms with van der Waals surface area (Å²) in [7, 11) is 0. The normalized spacial score (nSPS) is 29.6. The molecule has 3 atom stereocenters. The molecule has 2 fully saturated rings. The van der Waals surface area contributed by atoms with Crippen LogP contribution < -0.4 is 10.6 Å². The van der Waals surface area contributed by atoms with Crippen molar-refractivity contribution in [2.75, 3.05) is 46.1 Å². The van der Waals surface area contributed by atoms with Crippen LogP contribution in [-0.4, -0.2) is 75.5 Å². The summed E-state index contributed by atoms with van der Waals surface area (Å²) >= 11 is 0. The highest BCUT2D eigenvalue weighted by molar-refractivity contribution is 4.85. The zero-order valence-electron chi connectivity index (χ0n) is 16.0. The third kappa shape index (κ3) is 7.76. The summed E-state index contributed by atoms with van der Waals surface area (Å²) in [6.07, 6.45) is 1.29. The van der Waals surface area contributed by atoms with Gasteiger partial charge in [-0.1, -0.05) is 0 Å². The minimum Gasteiger partial charge on any atom is -0.376 e. The predicted molar refractivity (Wildman–Crippen MR) is 94.5 cm³/mol. The van der Waals surface area contributed by atoms with Crippen molar-refractivity contribution >= 4 is 0 Å². The van der Waals surface area contributed by atoms with E-state index in [0.717, 1.165) is 19.5 Å². The number of rotatable bonds is 7. The maximum Gasteiger partial charge on any atom is 0.0937 e. The zero-order valence-corrected chi connectivity index (χ0v) is 16.0. The quantitative estimate of drug-likeness (QED) is 0.727. The fourth-order valence-corrected chi connectivity index (χ4v) is 3.00. The molecule has 0 bridgehead atoms. The van der Waals surface area contributed by atoms with Crippen molar-refractivity contribution in [2.45, 2.75) is 70.4 Å². The smallest absolute Gasteiger partial charge is 0.0937 e. The van der Waals surface area contributed by atoms with Gasteiger partial charge in [-0.25, -0.2) is 0 Å². The molecule has 142 valence electrons. The lowest BCUT2D eigenvalue weighted by Crippen LogP contribution is -2.52. The largest absolute Gasteiger partial charge is 0.376 e. The van der Waals surface area contributed by atoms with Gasteiger partial charge in [0, 0.05) is 24.2 Å². The van der Waals surface area contributed by atoms with Gasteiger partial charge < -0.3 is 29.6 Å². The van der Waals surface area contributed by atoms with Crippen LogP contribution in [0.25, 0.3) is 0 Å². The van der Waals surface area contributed by atoms with Gasteiger partial charge in [0.05, 0.1) is 51.3 Å². The second-order valence-corrected chi connectivity index (χ2v) is 8.59. The van der Waals surface area contributed by atoms with E-state index in [9.17, 15) is 0 Å². The van der Waals surface area contributed by atoms with Gasteiger partial charge in [0.25, 0.3) is 0 Å². The minimum absolute atomic E-state index is 0.0336. The van der Waals surface area contributed by atoms with Crippen LogP contribution in [0.15, 0.2) is 0 Å². The summed E-state index contributed by atoms with van der Waals surface area (Å²) in [6, 6.07) is 0. The Morgan fingerprint density at radius 3 is 2.12 bits per heavy atom. The first-order valence-electron chi connectivity index (χ1n) is 9.16. The predicted octanol–water partition coefficient (Wildman–Crippen LogP) is 1.33. The Morgan fingerprint density at radius 1 is 0.792 bits per heavy atom. The van der Waals surface area contributed by atoms with Crippen LogP contribution in [0.3, 0.4) is 0 Å². The molecule has 0 amide bonds. The van der Waals surface area contributed by atoms with Gasteiger partial charge in [0.1, 0.15) is 0 Å². The lowest BCUT2D eigenvalue weighted by atomic mass is 9.96. The van der Waals surface area contributed by atoms with Crippen molar-refractivity contribution in [1.29, 1.82) is 0 Å². The van der Waals surface area contributed by atoms with Crippen molar-refractivity contribution in [3.8, 4) is 0 Å². The molecule has 24 heavy (non-hydrogen) atoms. The van der Waals surface area contributed by atoms with E-state index in [1.165, 1.54) is 0 Å². The number of hydrogen-bond acceptors (Lipinski definition) is 6. The first kappa shape index (κ1) is 20.1. The summed E-state index contributed by atoms with van der Waals surface area (Å²) < 4.78 is 23.1. The molecule has 0 aromatic carbocycles. The molecule has 6 heteroatoms. The van der Waals surface area contributed by atoms with Gasteiger partial charge in [0.15, 0.2) is 0 Å². The highest BCUT2D eigenvalue weighted by Gasteiger charge is 2.30. The molecular weight excluding hydrogens is 308 g/mol. The second kappa shape index (κ2) is 8.92. The fraction of sp³-hybridized carbons (Fsp3) is 1.00. The molecule has 0 aromatic rings. The monoisotopic (exact) mass is 344 g/mol. The van der Waals surface area contributed by atoms with E-state index in [-0.39, 0.29) is 29.4 Å². The van der Waals surface area contributed by atoms with Gasteiger partial charge >= 0.3 is 0 Å². The van der Waals surface area contributed by atoms with Crippen molar-refractivity contribution < 1.29 is 18.9 Å². The Kier molecular flexibility index (Phi) is 7.46. The van der Waals surface area contributed by atoms with Crippen LogP contribution in [0.4, 0.5) is 0 Å². The summed E-state index contributed by atoms with van der Waals surface area (Å²) in [6.45, 7) is 15.9. The highest BCUT2D eigenvalue weighted by atomic mass is 16.6.